The maximum Gasteiger partial charge on any atom is 0.258 e. The van der Waals surface area contributed by atoms with E-state index in [9.17, 15) is 9.59 Å². The average molecular weight is 339 g/mol. The third kappa shape index (κ3) is 3.39. The number of pyridine rings is 1. The summed E-state index contributed by atoms with van der Waals surface area (Å²) in [6, 6.07) is 16.3. The zero-order valence-corrected chi connectivity index (χ0v) is 13.7. The van der Waals surface area contributed by atoms with Crippen molar-refractivity contribution in [1.29, 1.82) is 0 Å². The number of anilines is 1. The molecule has 3 aromatic rings. The summed E-state index contributed by atoms with van der Waals surface area (Å²) in [6.07, 6.45) is 2.86. The molecule has 3 rings (SSSR count). The van der Waals surface area contributed by atoms with Crippen LogP contribution in [0.1, 0.15) is 5.56 Å². The summed E-state index contributed by atoms with van der Waals surface area (Å²) in [5, 5.41) is 4.19. The van der Waals surface area contributed by atoms with Gasteiger partial charge in [0.1, 0.15) is 0 Å². The van der Waals surface area contributed by atoms with E-state index in [0.29, 0.717) is 16.3 Å². The van der Waals surface area contributed by atoms with Crippen molar-refractivity contribution in [2.75, 3.05) is 5.32 Å². The quantitative estimate of drug-likeness (QED) is 0.738. The molecule has 1 aromatic heterocycles. The molecule has 0 spiro atoms. The molecule has 0 fully saturated rings. The molecule has 0 aliphatic rings. The standard InChI is InChI=1S/C19H15ClN2O2/c1-22-17-8-3-2-5-13(17)11-14(19(22)24)9-10-18(23)21-16-7-4-6-15(20)12-16/h2-12H,1H3,(H,21,23)/b10-9+. The predicted molar refractivity (Wildman–Crippen MR) is 98.3 cm³/mol. The van der Waals surface area contributed by atoms with Crippen LogP contribution in [0.4, 0.5) is 5.69 Å². The number of aryl methyl sites for hydroxylation is 1. The summed E-state index contributed by atoms with van der Waals surface area (Å²) < 4.78 is 1.57. The number of benzene rings is 2. The molecule has 0 saturated heterocycles. The van der Waals surface area contributed by atoms with Crippen molar-refractivity contribution in [3.63, 3.8) is 0 Å². The van der Waals surface area contributed by atoms with Gasteiger partial charge >= 0.3 is 0 Å². The van der Waals surface area contributed by atoms with Gasteiger partial charge in [-0.2, -0.15) is 0 Å². The van der Waals surface area contributed by atoms with Crippen molar-refractivity contribution in [2.24, 2.45) is 7.05 Å². The summed E-state index contributed by atoms with van der Waals surface area (Å²) in [5.41, 5.74) is 1.75. The number of halogens is 1. The van der Waals surface area contributed by atoms with E-state index in [1.807, 2.05) is 24.3 Å². The van der Waals surface area contributed by atoms with Crippen molar-refractivity contribution >= 4 is 40.2 Å². The monoisotopic (exact) mass is 338 g/mol. The Hall–Kier alpha value is -2.85. The van der Waals surface area contributed by atoms with Gasteiger partial charge in [-0.05, 0) is 41.8 Å². The zero-order chi connectivity index (χ0) is 17.1. The minimum absolute atomic E-state index is 0.152. The fraction of sp³-hybridized carbons (Fsp3) is 0.0526. The van der Waals surface area contributed by atoms with Crippen LogP contribution in [-0.2, 0) is 11.8 Å². The second-order valence-electron chi connectivity index (χ2n) is 5.36. The first-order valence-corrected chi connectivity index (χ1v) is 7.76. The van der Waals surface area contributed by atoms with E-state index in [2.05, 4.69) is 5.32 Å². The molecule has 1 heterocycles. The molecule has 0 bridgehead atoms. The molecule has 1 amide bonds. The average Bonchev–Trinajstić information content (AvgIpc) is 2.57. The van der Waals surface area contributed by atoms with Crippen LogP contribution >= 0.6 is 11.6 Å². The molecule has 24 heavy (non-hydrogen) atoms. The van der Waals surface area contributed by atoms with Gasteiger partial charge in [-0.25, -0.2) is 0 Å². The Morgan fingerprint density at radius 3 is 2.71 bits per heavy atom. The van der Waals surface area contributed by atoms with E-state index in [-0.39, 0.29) is 11.5 Å². The van der Waals surface area contributed by atoms with Crippen molar-refractivity contribution in [1.82, 2.24) is 4.57 Å². The molecule has 0 unspecified atom stereocenters. The molecular formula is C19H15ClN2O2. The lowest BCUT2D eigenvalue weighted by molar-refractivity contribution is -0.111. The van der Waals surface area contributed by atoms with Gasteiger partial charge in [-0.1, -0.05) is 35.9 Å². The van der Waals surface area contributed by atoms with E-state index < -0.39 is 0 Å². The van der Waals surface area contributed by atoms with Gasteiger partial charge in [0, 0.05) is 29.4 Å². The second kappa shape index (κ2) is 6.72. The number of nitrogens with zero attached hydrogens (tertiary/aromatic N) is 1. The van der Waals surface area contributed by atoms with Crippen LogP contribution in [-0.4, -0.2) is 10.5 Å². The first kappa shape index (κ1) is 16.0. The Balaban J connectivity index is 1.86. The van der Waals surface area contributed by atoms with Gasteiger partial charge in [0.2, 0.25) is 5.91 Å². The molecule has 0 atom stereocenters. The number of aromatic nitrogens is 1. The number of fused-ring (bicyclic) bond motifs is 1. The SMILES string of the molecule is Cn1c(=O)c(/C=C/C(=O)Nc2cccc(Cl)c2)cc2ccccc21. The van der Waals surface area contributed by atoms with Gasteiger partial charge in [-0.15, -0.1) is 0 Å². The fourth-order valence-corrected chi connectivity index (χ4v) is 2.67. The van der Waals surface area contributed by atoms with Crippen molar-refractivity contribution in [2.45, 2.75) is 0 Å². The van der Waals surface area contributed by atoms with E-state index >= 15 is 0 Å². The van der Waals surface area contributed by atoms with Crippen LogP contribution in [0.15, 0.2) is 65.5 Å². The van der Waals surface area contributed by atoms with Gasteiger partial charge in [0.05, 0.1) is 5.52 Å². The minimum Gasteiger partial charge on any atom is -0.322 e. The highest BCUT2D eigenvalue weighted by Crippen LogP contribution is 2.15. The summed E-state index contributed by atoms with van der Waals surface area (Å²) in [7, 11) is 1.72. The molecule has 0 radical (unpaired) electrons. The van der Waals surface area contributed by atoms with Gasteiger partial charge in [0.15, 0.2) is 0 Å². The highest BCUT2D eigenvalue weighted by Gasteiger charge is 2.05. The highest BCUT2D eigenvalue weighted by molar-refractivity contribution is 6.30. The maximum atomic E-state index is 12.4. The third-order valence-electron chi connectivity index (χ3n) is 3.67. The van der Waals surface area contributed by atoms with Gasteiger partial charge < -0.3 is 9.88 Å². The predicted octanol–water partition coefficient (Wildman–Crippen LogP) is 3.84. The van der Waals surface area contributed by atoms with E-state index in [0.717, 1.165) is 10.9 Å². The molecule has 0 aliphatic carbocycles. The number of carbonyl (C=O) groups is 1. The summed E-state index contributed by atoms with van der Waals surface area (Å²) in [5.74, 6) is -0.326. The van der Waals surface area contributed by atoms with Crippen molar-refractivity contribution < 1.29 is 4.79 Å². The number of rotatable bonds is 3. The van der Waals surface area contributed by atoms with Crippen molar-refractivity contribution in [3.8, 4) is 0 Å². The van der Waals surface area contributed by atoms with Crippen molar-refractivity contribution in [3.05, 3.63) is 81.6 Å². The number of amides is 1. The maximum absolute atomic E-state index is 12.4. The third-order valence-corrected chi connectivity index (χ3v) is 3.90. The normalized spacial score (nSPS) is 11.1. The van der Waals surface area contributed by atoms with Crippen LogP contribution in [0.5, 0.6) is 0 Å². The highest BCUT2D eigenvalue weighted by atomic mass is 35.5. The van der Waals surface area contributed by atoms with Crippen LogP contribution in [0.3, 0.4) is 0 Å². The number of para-hydroxylation sites is 1. The lowest BCUT2D eigenvalue weighted by Crippen LogP contribution is -2.19. The molecule has 0 saturated carbocycles. The Morgan fingerprint density at radius 2 is 1.92 bits per heavy atom. The van der Waals surface area contributed by atoms with E-state index in [1.165, 1.54) is 12.2 Å². The molecule has 0 aliphatic heterocycles. The molecule has 2 aromatic carbocycles. The van der Waals surface area contributed by atoms with Crippen LogP contribution < -0.4 is 10.9 Å². The van der Waals surface area contributed by atoms with Gasteiger partial charge in [-0.3, -0.25) is 9.59 Å². The largest absolute Gasteiger partial charge is 0.322 e. The second-order valence-corrected chi connectivity index (χ2v) is 5.79. The summed E-state index contributed by atoms with van der Waals surface area (Å²) >= 11 is 5.88. The molecular weight excluding hydrogens is 324 g/mol. The first-order chi connectivity index (χ1) is 11.5. The Bertz CT molecular complexity index is 1010. The first-order valence-electron chi connectivity index (χ1n) is 7.38. The Labute approximate surface area is 144 Å². The van der Waals surface area contributed by atoms with Crippen LogP contribution in [0, 0.1) is 0 Å². The summed E-state index contributed by atoms with van der Waals surface area (Å²) in [4.78, 5) is 24.4. The minimum atomic E-state index is -0.326. The fourth-order valence-electron chi connectivity index (χ4n) is 2.48. The van der Waals surface area contributed by atoms with Crippen LogP contribution in [0.25, 0.3) is 17.0 Å². The Morgan fingerprint density at radius 1 is 1.12 bits per heavy atom. The van der Waals surface area contributed by atoms with Crippen LogP contribution in [0.2, 0.25) is 5.02 Å². The lowest BCUT2D eigenvalue weighted by Gasteiger charge is -2.06. The van der Waals surface area contributed by atoms with E-state index in [1.54, 1.807) is 41.9 Å². The zero-order valence-electron chi connectivity index (χ0n) is 13.0. The number of carbonyl (C=O) groups excluding carboxylic acids is 1. The van der Waals surface area contributed by atoms with Gasteiger partial charge in [0.25, 0.3) is 5.56 Å². The number of nitrogens with one attached hydrogen (secondary N) is 1. The topological polar surface area (TPSA) is 51.1 Å². The molecule has 1 N–H and O–H groups in total. The molecule has 120 valence electrons. The number of hydrogen-bond acceptors (Lipinski definition) is 2. The summed E-state index contributed by atoms with van der Waals surface area (Å²) in [6.45, 7) is 0. The lowest BCUT2D eigenvalue weighted by atomic mass is 10.1. The smallest absolute Gasteiger partial charge is 0.258 e. The number of hydrogen-bond donors (Lipinski definition) is 1. The van der Waals surface area contributed by atoms with E-state index in [4.69, 9.17) is 11.6 Å². The molecule has 5 heteroatoms. The molecule has 4 nitrogen and oxygen atoms in total. The Kier molecular flexibility index (Phi) is 4.49.